The molecule has 18 heavy (non-hydrogen) atoms. The Kier molecular flexibility index (Phi) is 5.32. The van der Waals surface area contributed by atoms with E-state index in [1.165, 1.54) is 12.8 Å². The Labute approximate surface area is 111 Å². The largest absolute Gasteiger partial charge is 0.489 e. The first kappa shape index (κ1) is 14.7. The molecule has 3 nitrogen and oxygen atoms in total. The normalized spacial score (nSPS) is 12.6. The van der Waals surface area contributed by atoms with E-state index in [4.69, 9.17) is 10.5 Å². The molecule has 0 bridgehead atoms. The Balaban J connectivity index is 2.89. The zero-order chi connectivity index (χ0) is 13.7. The number of ether oxygens (including phenoxy) is 1. The van der Waals surface area contributed by atoms with Crippen LogP contribution in [-0.4, -0.2) is 19.2 Å². The third kappa shape index (κ3) is 3.83. The van der Waals surface area contributed by atoms with Gasteiger partial charge >= 0.3 is 0 Å². The van der Waals surface area contributed by atoms with Crippen LogP contribution >= 0.6 is 0 Å². The second kappa shape index (κ2) is 6.53. The maximum absolute atomic E-state index is 5.93. The Morgan fingerprint density at radius 1 is 1.28 bits per heavy atom. The summed E-state index contributed by atoms with van der Waals surface area (Å²) in [5, 5.41) is 0. The highest BCUT2D eigenvalue weighted by atomic mass is 16.5. The minimum absolute atomic E-state index is 0.140. The summed E-state index contributed by atoms with van der Waals surface area (Å²) in [5.74, 6) is 0.776. The maximum Gasteiger partial charge on any atom is 0.144 e. The molecule has 102 valence electrons. The van der Waals surface area contributed by atoms with E-state index in [0.29, 0.717) is 11.7 Å². The summed E-state index contributed by atoms with van der Waals surface area (Å²) in [7, 11) is 2.12. The molecule has 0 aliphatic heterocycles. The van der Waals surface area contributed by atoms with Gasteiger partial charge in [-0.2, -0.15) is 0 Å². The third-order valence-electron chi connectivity index (χ3n) is 3.13. The second-order valence-electron chi connectivity index (χ2n) is 5.14. The minimum Gasteiger partial charge on any atom is -0.489 e. The zero-order valence-electron chi connectivity index (χ0n) is 12.2. The fourth-order valence-corrected chi connectivity index (χ4v) is 1.96. The van der Waals surface area contributed by atoms with Crippen molar-refractivity contribution in [1.82, 2.24) is 0 Å². The highest BCUT2D eigenvalue weighted by molar-refractivity contribution is 5.62. The number of nitrogens with two attached hydrogens (primary N) is 1. The summed E-state index contributed by atoms with van der Waals surface area (Å²) in [6.07, 6.45) is 2.51. The average Bonchev–Trinajstić information content (AvgIpc) is 2.31. The molecule has 0 saturated heterocycles. The van der Waals surface area contributed by atoms with E-state index in [1.807, 2.05) is 26.0 Å². The van der Waals surface area contributed by atoms with E-state index in [-0.39, 0.29) is 6.10 Å². The fourth-order valence-electron chi connectivity index (χ4n) is 1.96. The van der Waals surface area contributed by atoms with Gasteiger partial charge in [-0.15, -0.1) is 0 Å². The van der Waals surface area contributed by atoms with Crippen LogP contribution in [0.15, 0.2) is 18.2 Å². The van der Waals surface area contributed by atoms with Crippen LogP contribution in [0, 0.1) is 0 Å². The van der Waals surface area contributed by atoms with Crippen molar-refractivity contribution in [3.05, 3.63) is 18.2 Å². The Bertz CT molecular complexity index is 377. The van der Waals surface area contributed by atoms with Gasteiger partial charge in [-0.05, 0) is 39.3 Å². The Hall–Kier alpha value is -1.38. The minimum atomic E-state index is 0.140. The van der Waals surface area contributed by atoms with Gasteiger partial charge in [-0.1, -0.05) is 13.3 Å². The van der Waals surface area contributed by atoms with Crippen LogP contribution in [-0.2, 0) is 0 Å². The molecule has 0 heterocycles. The predicted molar refractivity (Wildman–Crippen MR) is 79.4 cm³/mol. The lowest BCUT2D eigenvalue weighted by atomic mass is 10.1. The number of nitrogens with zero attached hydrogens (tertiary/aromatic N) is 1. The summed E-state index contributed by atoms with van der Waals surface area (Å²) in [6, 6.07) is 6.52. The van der Waals surface area contributed by atoms with Crippen molar-refractivity contribution in [1.29, 1.82) is 0 Å². The number of nitrogen functional groups attached to an aromatic ring is 1. The van der Waals surface area contributed by atoms with Crippen molar-refractivity contribution in [3.63, 3.8) is 0 Å². The van der Waals surface area contributed by atoms with Gasteiger partial charge in [-0.25, -0.2) is 0 Å². The van der Waals surface area contributed by atoms with Crippen LogP contribution in [0.5, 0.6) is 5.75 Å². The first-order chi connectivity index (χ1) is 8.45. The van der Waals surface area contributed by atoms with Crippen LogP contribution in [0.3, 0.4) is 0 Å². The summed E-state index contributed by atoms with van der Waals surface area (Å²) in [6.45, 7) is 8.47. The van der Waals surface area contributed by atoms with Crippen molar-refractivity contribution < 1.29 is 4.74 Å². The molecular weight excluding hydrogens is 224 g/mol. The smallest absolute Gasteiger partial charge is 0.144 e. The lowest BCUT2D eigenvalue weighted by Crippen LogP contribution is -2.28. The van der Waals surface area contributed by atoms with Crippen molar-refractivity contribution in [3.8, 4) is 5.75 Å². The number of benzene rings is 1. The molecule has 0 spiro atoms. The quantitative estimate of drug-likeness (QED) is 0.783. The first-order valence-corrected chi connectivity index (χ1v) is 6.74. The molecule has 1 aromatic carbocycles. The van der Waals surface area contributed by atoms with Crippen LogP contribution in [0.1, 0.15) is 40.5 Å². The van der Waals surface area contributed by atoms with Crippen molar-refractivity contribution in [2.45, 2.75) is 52.7 Å². The van der Waals surface area contributed by atoms with Crippen molar-refractivity contribution in [2.75, 3.05) is 17.7 Å². The second-order valence-corrected chi connectivity index (χ2v) is 5.14. The molecule has 0 aliphatic carbocycles. The number of rotatable bonds is 6. The summed E-state index contributed by atoms with van der Waals surface area (Å²) in [4.78, 5) is 2.27. The fraction of sp³-hybridized carbons (Fsp3) is 0.600. The van der Waals surface area contributed by atoms with Crippen LogP contribution in [0.4, 0.5) is 11.4 Å². The molecule has 1 aromatic rings. The standard InChI is InChI=1S/C15H26N2O/c1-6-7-12(4)17(5)13-8-9-14(16)15(10-13)18-11(2)3/h8-12H,6-7,16H2,1-5H3. The van der Waals surface area contributed by atoms with E-state index >= 15 is 0 Å². The predicted octanol–water partition coefficient (Wildman–Crippen LogP) is 3.68. The van der Waals surface area contributed by atoms with Gasteiger partial charge < -0.3 is 15.4 Å². The maximum atomic E-state index is 5.93. The topological polar surface area (TPSA) is 38.5 Å². The van der Waals surface area contributed by atoms with Crippen LogP contribution in [0.2, 0.25) is 0 Å². The highest BCUT2D eigenvalue weighted by Crippen LogP contribution is 2.29. The third-order valence-corrected chi connectivity index (χ3v) is 3.13. The van der Waals surface area contributed by atoms with E-state index < -0.39 is 0 Å². The summed E-state index contributed by atoms with van der Waals surface area (Å²) < 4.78 is 5.72. The van der Waals surface area contributed by atoms with Crippen molar-refractivity contribution >= 4 is 11.4 Å². The van der Waals surface area contributed by atoms with Gasteiger partial charge in [0.05, 0.1) is 11.8 Å². The van der Waals surface area contributed by atoms with E-state index in [1.54, 1.807) is 0 Å². The molecule has 2 N–H and O–H groups in total. The molecular formula is C15H26N2O. The summed E-state index contributed by atoms with van der Waals surface area (Å²) in [5.41, 5.74) is 7.78. The lowest BCUT2D eigenvalue weighted by molar-refractivity contribution is 0.244. The molecule has 0 saturated carbocycles. The lowest BCUT2D eigenvalue weighted by Gasteiger charge is -2.27. The first-order valence-electron chi connectivity index (χ1n) is 6.74. The molecule has 1 rings (SSSR count). The van der Waals surface area contributed by atoms with E-state index in [0.717, 1.165) is 11.4 Å². The molecule has 0 amide bonds. The Morgan fingerprint density at radius 2 is 1.94 bits per heavy atom. The molecule has 1 unspecified atom stereocenters. The Morgan fingerprint density at radius 3 is 2.50 bits per heavy atom. The summed E-state index contributed by atoms with van der Waals surface area (Å²) >= 11 is 0. The van der Waals surface area contributed by atoms with Crippen molar-refractivity contribution in [2.24, 2.45) is 0 Å². The monoisotopic (exact) mass is 250 g/mol. The van der Waals surface area contributed by atoms with Gasteiger partial charge in [0.1, 0.15) is 5.75 Å². The average molecular weight is 250 g/mol. The van der Waals surface area contributed by atoms with Gasteiger partial charge in [0.15, 0.2) is 0 Å². The molecule has 0 aromatic heterocycles. The zero-order valence-corrected chi connectivity index (χ0v) is 12.2. The molecule has 3 heteroatoms. The molecule has 0 fully saturated rings. The van der Waals surface area contributed by atoms with E-state index in [2.05, 4.69) is 31.9 Å². The van der Waals surface area contributed by atoms with Gasteiger partial charge in [-0.3, -0.25) is 0 Å². The highest BCUT2D eigenvalue weighted by Gasteiger charge is 2.11. The molecule has 0 radical (unpaired) electrons. The SMILES string of the molecule is CCCC(C)N(C)c1ccc(N)c(OC(C)C)c1. The van der Waals surface area contributed by atoms with Crippen LogP contribution in [0.25, 0.3) is 0 Å². The number of hydrogen-bond donors (Lipinski definition) is 1. The molecule has 1 atom stereocenters. The number of hydrogen-bond acceptors (Lipinski definition) is 3. The van der Waals surface area contributed by atoms with E-state index in [9.17, 15) is 0 Å². The van der Waals surface area contributed by atoms with Gasteiger partial charge in [0.2, 0.25) is 0 Å². The van der Waals surface area contributed by atoms with Gasteiger partial charge in [0.25, 0.3) is 0 Å². The van der Waals surface area contributed by atoms with Gasteiger partial charge in [0, 0.05) is 24.8 Å². The number of anilines is 2. The molecule has 0 aliphatic rings. The van der Waals surface area contributed by atoms with Crippen LogP contribution < -0.4 is 15.4 Å².